The second kappa shape index (κ2) is 7.31. The van der Waals surface area contributed by atoms with E-state index < -0.39 is 18.6 Å². The van der Waals surface area contributed by atoms with E-state index >= 15 is 0 Å². The van der Waals surface area contributed by atoms with Crippen molar-refractivity contribution in [3.63, 3.8) is 0 Å². The van der Waals surface area contributed by atoms with Crippen LogP contribution in [0.3, 0.4) is 0 Å². The zero-order valence-corrected chi connectivity index (χ0v) is 17.5. The van der Waals surface area contributed by atoms with Crippen molar-refractivity contribution < 1.29 is 18.9 Å². The summed E-state index contributed by atoms with van der Waals surface area (Å²) < 4.78 is 54.4. The summed E-state index contributed by atoms with van der Waals surface area (Å²) in [4.78, 5) is 4.36. The number of halogens is 1. The quantitative estimate of drug-likeness (QED) is 0.307. The standard InChI is InChI=1S/C27H24FN2O/c1-16(2)22-14-18(8-10-23(22)28)19-11-13-30(4)24(15-19)25-17(3)7-9-20-21-6-5-12-29-27(21)31-26(20)25/h5-16H,1-4H3/q+1/i1D3,16D. The lowest BCUT2D eigenvalue weighted by Crippen LogP contribution is -2.30. The molecule has 5 aromatic rings. The minimum Gasteiger partial charge on any atom is -0.437 e. The van der Waals surface area contributed by atoms with Crippen LogP contribution in [0.5, 0.6) is 0 Å². The van der Waals surface area contributed by atoms with Gasteiger partial charge in [-0.3, -0.25) is 0 Å². The van der Waals surface area contributed by atoms with Crippen molar-refractivity contribution in [3.05, 3.63) is 83.9 Å². The fraction of sp³-hybridized carbons (Fsp3) is 0.185. The van der Waals surface area contributed by atoms with Gasteiger partial charge in [0.25, 0.3) is 0 Å². The Morgan fingerprint density at radius 3 is 2.77 bits per heavy atom. The number of aryl methyl sites for hydroxylation is 2. The summed E-state index contributed by atoms with van der Waals surface area (Å²) in [6.07, 6.45) is 3.60. The molecular weight excluding hydrogens is 387 g/mol. The van der Waals surface area contributed by atoms with E-state index in [1.807, 2.05) is 61.1 Å². The van der Waals surface area contributed by atoms with E-state index in [1.165, 1.54) is 19.1 Å². The van der Waals surface area contributed by atoms with E-state index in [4.69, 9.17) is 9.90 Å². The number of pyridine rings is 2. The van der Waals surface area contributed by atoms with Gasteiger partial charge in [-0.2, -0.15) is 0 Å². The summed E-state index contributed by atoms with van der Waals surface area (Å²) in [5.74, 6) is -2.79. The van der Waals surface area contributed by atoms with E-state index in [-0.39, 0.29) is 5.56 Å². The van der Waals surface area contributed by atoms with Gasteiger partial charge >= 0.3 is 0 Å². The van der Waals surface area contributed by atoms with Crippen LogP contribution in [0, 0.1) is 12.7 Å². The highest BCUT2D eigenvalue weighted by atomic mass is 19.1. The number of nitrogens with zero attached hydrogens (tertiary/aromatic N) is 2. The Labute approximate surface area is 186 Å². The molecule has 1 atom stereocenters. The Bertz CT molecular complexity index is 1600. The van der Waals surface area contributed by atoms with Gasteiger partial charge in [0, 0.05) is 34.6 Å². The van der Waals surface area contributed by atoms with Gasteiger partial charge in [0.05, 0.1) is 5.56 Å². The number of hydrogen-bond acceptors (Lipinski definition) is 2. The smallest absolute Gasteiger partial charge is 0.227 e. The lowest BCUT2D eigenvalue weighted by atomic mass is 9.95. The maximum Gasteiger partial charge on any atom is 0.227 e. The topological polar surface area (TPSA) is 29.9 Å². The molecule has 0 radical (unpaired) electrons. The van der Waals surface area contributed by atoms with Crippen LogP contribution in [0.15, 0.2) is 71.4 Å². The van der Waals surface area contributed by atoms with Gasteiger partial charge in [0.1, 0.15) is 12.9 Å². The molecule has 0 aliphatic heterocycles. The minimum atomic E-state index is -2.68. The van der Waals surface area contributed by atoms with Crippen LogP contribution < -0.4 is 4.57 Å². The molecular formula is C27H24FN2O+. The molecule has 1 unspecified atom stereocenters. The molecule has 3 aromatic heterocycles. The van der Waals surface area contributed by atoms with E-state index in [0.29, 0.717) is 11.3 Å². The highest BCUT2D eigenvalue weighted by Crippen LogP contribution is 2.37. The average Bonchev–Trinajstić information content (AvgIpc) is 3.18. The van der Waals surface area contributed by atoms with Crippen molar-refractivity contribution in [1.29, 1.82) is 0 Å². The molecule has 0 fully saturated rings. The van der Waals surface area contributed by atoms with Gasteiger partial charge in [0.15, 0.2) is 11.8 Å². The molecule has 5 rings (SSSR count). The van der Waals surface area contributed by atoms with Gasteiger partial charge in [-0.15, -0.1) is 0 Å². The first-order chi connectivity index (χ1) is 16.5. The molecule has 0 spiro atoms. The fourth-order valence-electron chi connectivity index (χ4n) is 4.08. The molecule has 0 N–H and O–H groups in total. The predicted molar refractivity (Wildman–Crippen MR) is 122 cm³/mol. The third-order valence-corrected chi connectivity index (χ3v) is 5.74. The monoisotopic (exact) mass is 415 g/mol. The van der Waals surface area contributed by atoms with Crippen molar-refractivity contribution in [2.24, 2.45) is 7.05 Å². The van der Waals surface area contributed by atoms with Gasteiger partial charge < -0.3 is 4.42 Å². The third-order valence-electron chi connectivity index (χ3n) is 5.74. The first-order valence-electron chi connectivity index (χ1n) is 12.1. The number of hydrogen-bond donors (Lipinski definition) is 0. The molecule has 2 aromatic carbocycles. The van der Waals surface area contributed by atoms with Gasteiger partial charge in [0.2, 0.25) is 11.4 Å². The highest BCUT2D eigenvalue weighted by molar-refractivity contribution is 6.08. The SMILES string of the molecule is [2H]C([2H])([2H])C([2H])(C)c1cc(-c2cc[n+](C)c(-c3c(C)ccc4c3oc3ncccc34)c2)ccc1F. The Morgan fingerprint density at radius 1 is 1.10 bits per heavy atom. The second-order valence-corrected chi connectivity index (χ2v) is 7.82. The average molecular weight is 416 g/mol. The van der Waals surface area contributed by atoms with Crippen LogP contribution in [0.25, 0.3) is 44.5 Å². The first kappa shape index (κ1) is 15.3. The maximum atomic E-state index is 14.7. The highest BCUT2D eigenvalue weighted by Gasteiger charge is 2.22. The van der Waals surface area contributed by atoms with Crippen LogP contribution in [0.1, 0.15) is 36.3 Å². The lowest BCUT2D eigenvalue weighted by molar-refractivity contribution is -0.660. The molecule has 0 aliphatic rings. The zero-order chi connectivity index (χ0) is 25.1. The number of rotatable bonds is 3. The maximum absolute atomic E-state index is 14.7. The minimum absolute atomic E-state index is 0.161. The summed E-state index contributed by atoms with van der Waals surface area (Å²) in [7, 11) is 1.93. The first-order valence-corrected chi connectivity index (χ1v) is 10.1. The van der Waals surface area contributed by atoms with Crippen LogP contribution in [0.2, 0.25) is 0 Å². The molecule has 154 valence electrons. The summed E-state index contributed by atoms with van der Waals surface area (Å²) in [5.41, 5.74) is 5.34. The van der Waals surface area contributed by atoms with E-state index in [1.54, 1.807) is 12.3 Å². The normalized spacial score (nSPS) is 15.9. The third kappa shape index (κ3) is 3.19. The van der Waals surface area contributed by atoms with E-state index in [2.05, 4.69) is 4.98 Å². The molecule has 0 saturated heterocycles. The van der Waals surface area contributed by atoms with Crippen molar-refractivity contribution in [1.82, 2.24) is 4.98 Å². The van der Waals surface area contributed by atoms with Gasteiger partial charge in [-0.05, 0) is 59.3 Å². The summed E-state index contributed by atoms with van der Waals surface area (Å²) in [6, 6.07) is 16.1. The summed E-state index contributed by atoms with van der Waals surface area (Å²) in [5, 5.41) is 1.90. The molecule has 31 heavy (non-hydrogen) atoms. The molecule has 3 heterocycles. The van der Waals surface area contributed by atoms with Crippen LogP contribution in [-0.2, 0) is 7.05 Å². The summed E-state index contributed by atoms with van der Waals surface area (Å²) >= 11 is 0. The Balaban J connectivity index is 1.71. The van der Waals surface area contributed by atoms with E-state index in [0.717, 1.165) is 38.7 Å². The van der Waals surface area contributed by atoms with Crippen molar-refractivity contribution >= 4 is 22.1 Å². The molecule has 0 amide bonds. The van der Waals surface area contributed by atoms with Gasteiger partial charge in [-0.1, -0.05) is 32.0 Å². The van der Waals surface area contributed by atoms with Crippen molar-refractivity contribution in [2.75, 3.05) is 0 Å². The van der Waals surface area contributed by atoms with Crippen molar-refractivity contribution in [2.45, 2.75) is 26.6 Å². The number of furan rings is 1. The Kier molecular flexibility index (Phi) is 3.61. The fourth-order valence-corrected chi connectivity index (χ4v) is 4.08. The molecule has 0 saturated carbocycles. The number of benzene rings is 2. The molecule has 3 nitrogen and oxygen atoms in total. The second-order valence-electron chi connectivity index (χ2n) is 7.82. The predicted octanol–water partition coefficient (Wildman–Crippen LogP) is 6.71. The van der Waals surface area contributed by atoms with Gasteiger partial charge in [-0.25, -0.2) is 13.9 Å². The Morgan fingerprint density at radius 2 is 1.94 bits per heavy atom. The zero-order valence-electron chi connectivity index (χ0n) is 21.5. The van der Waals surface area contributed by atoms with Crippen LogP contribution in [-0.4, -0.2) is 4.98 Å². The molecule has 4 heteroatoms. The van der Waals surface area contributed by atoms with Crippen LogP contribution >= 0.6 is 0 Å². The largest absolute Gasteiger partial charge is 0.437 e. The molecule has 0 bridgehead atoms. The Hall–Kier alpha value is -3.53. The number of fused-ring (bicyclic) bond motifs is 3. The van der Waals surface area contributed by atoms with Crippen molar-refractivity contribution in [3.8, 4) is 22.4 Å². The lowest BCUT2D eigenvalue weighted by Gasteiger charge is -2.11. The van der Waals surface area contributed by atoms with E-state index in [9.17, 15) is 4.39 Å². The van der Waals surface area contributed by atoms with Crippen LogP contribution in [0.4, 0.5) is 4.39 Å². The summed E-state index contributed by atoms with van der Waals surface area (Å²) in [6.45, 7) is 0.557. The molecule has 0 aliphatic carbocycles. The number of aromatic nitrogens is 2.